The molecular weight excluding hydrogens is 233 g/mol. The van der Waals surface area contributed by atoms with Gasteiger partial charge in [-0.25, -0.2) is 9.07 Å². The topological polar surface area (TPSA) is 64.1 Å². The Bertz CT molecular complexity index is 525. The van der Waals surface area contributed by atoms with E-state index in [2.05, 4.69) is 5.10 Å². The van der Waals surface area contributed by atoms with E-state index < -0.39 is 0 Å². The molecule has 2 aromatic rings. The van der Waals surface area contributed by atoms with Crippen LogP contribution in [0.5, 0.6) is 0 Å². The zero-order valence-electron chi connectivity index (χ0n) is 10.0. The van der Waals surface area contributed by atoms with Gasteiger partial charge in [0.1, 0.15) is 11.6 Å². The number of aliphatic hydroxyl groups excluding tert-OH is 1. The maximum atomic E-state index is 13.1. The summed E-state index contributed by atoms with van der Waals surface area (Å²) in [6.07, 6.45) is 3.06. The molecule has 1 heterocycles. The van der Waals surface area contributed by atoms with Crippen molar-refractivity contribution < 1.29 is 9.50 Å². The predicted octanol–water partition coefficient (Wildman–Crippen LogP) is 1.58. The lowest BCUT2D eigenvalue weighted by molar-refractivity contribution is 0.288. The lowest BCUT2D eigenvalue weighted by Gasteiger charge is -2.05. The first-order valence-electron chi connectivity index (χ1n) is 5.86. The van der Waals surface area contributed by atoms with Crippen molar-refractivity contribution in [2.75, 3.05) is 12.3 Å². The number of rotatable bonds is 5. The van der Waals surface area contributed by atoms with Crippen molar-refractivity contribution in [2.24, 2.45) is 0 Å². The van der Waals surface area contributed by atoms with Gasteiger partial charge in [-0.2, -0.15) is 5.10 Å². The van der Waals surface area contributed by atoms with Crippen LogP contribution >= 0.6 is 0 Å². The molecule has 0 aliphatic heterocycles. The summed E-state index contributed by atoms with van der Waals surface area (Å²) in [5.41, 5.74) is 7.69. The molecule has 0 unspecified atom stereocenters. The maximum Gasteiger partial charge on any atom is 0.125 e. The Kier molecular flexibility index (Phi) is 3.94. The minimum absolute atomic E-state index is 0.133. The SMILES string of the molecule is Nc1c(CCCO)cnn1Cc1cccc(F)c1. The standard InChI is InChI=1S/C13H16FN3O/c14-12-5-1-3-10(7-12)9-17-13(15)11(8-16-17)4-2-6-18/h1,3,5,7-8,18H,2,4,6,9,15H2. The van der Waals surface area contributed by atoms with E-state index in [4.69, 9.17) is 10.8 Å². The van der Waals surface area contributed by atoms with E-state index in [1.54, 1.807) is 16.9 Å². The third-order valence-electron chi connectivity index (χ3n) is 2.79. The quantitative estimate of drug-likeness (QED) is 0.845. The molecule has 0 fully saturated rings. The number of hydrogen-bond acceptors (Lipinski definition) is 3. The molecule has 0 aliphatic carbocycles. The molecular formula is C13H16FN3O. The van der Waals surface area contributed by atoms with Gasteiger partial charge in [-0.15, -0.1) is 0 Å². The van der Waals surface area contributed by atoms with Crippen LogP contribution in [-0.4, -0.2) is 21.5 Å². The fourth-order valence-corrected chi connectivity index (χ4v) is 1.83. The second kappa shape index (κ2) is 5.64. The summed E-state index contributed by atoms with van der Waals surface area (Å²) >= 11 is 0. The molecule has 1 aromatic carbocycles. The summed E-state index contributed by atoms with van der Waals surface area (Å²) in [5.74, 6) is 0.312. The van der Waals surface area contributed by atoms with Gasteiger partial charge >= 0.3 is 0 Å². The summed E-state index contributed by atoms with van der Waals surface area (Å²) in [7, 11) is 0. The fraction of sp³-hybridized carbons (Fsp3) is 0.308. The van der Waals surface area contributed by atoms with Crippen molar-refractivity contribution in [3.8, 4) is 0 Å². The van der Waals surface area contributed by atoms with Crippen molar-refractivity contribution >= 4 is 5.82 Å². The van der Waals surface area contributed by atoms with Gasteiger partial charge in [0.2, 0.25) is 0 Å². The van der Waals surface area contributed by atoms with Crippen LogP contribution in [-0.2, 0) is 13.0 Å². The Morgan fingerprint density at radius 1 is 1.39 bits per heavy atom. The van der Waals surface area contributed by atoms with E-state index in [1.165, 1.54) is 12.1 Å². The lowest BCUT2D eigenvalue weighted by Crippen LogP contribution is -2.07. The van der Waals surface area contributed by atoms with Gasteiger partial charge < -0.3 is 10.8 Å². The average Bonchev–Trinajstić information content (AvgIpc) is 2.69. The molecule has 0 atom stereocenters. The highest BCUT2D eigenvalue weighted by Gasteiger charge is 2.07. The van der Waals surface area contributed by atoms with Gasteiger partial charge in [-0.3, -0.25) is 0 Å². The number of aromatic nitrogens is 2. The molecule has 0 saturated carbocycles. The van der Waals surface area contributed by atoms with Gasteiger partial charge in [-0.1, -0.05) is 12.1 Å². The van der Waals surface area contributed by atoms with Crippen LogP contribution in [0.3, 0.4) is 0 Å². The Balaban J connectivity index is 2.12. The Hall–Kier alpha value is -1.88. The van der Waals surface area contributed by atoms with Crippen molar-refractivity contribution in [1.82, 2.24) is 9.78 Å². The molecule has 96 valence electrons. The van der Waals surface area contributed by atoms with E-state index in [-0.39, 0.29) is 12.4 Å². The van der Waals surface area contributed by atoms with Crippen LogP contribution in [0.25, 0.3) is 0 Å². The number of nitrogen functional groups attached to an aromatic ring is 1. The third kappa shape index (κ3) is 2.87. The normalized spacial score (nSPS) is 10.8. The monoisotopic (exact) mass is 249 g/mol. The summed E-state index contributed by atoms with van der Waals surface area (Å²) in [6, 6.07) is 6.37. The molecule has 2 rings (SSSR count). The first-order valence-corrected chi connectivity index (χ1v) is 5.86. The van der Waals surface area contributed by atoms with Crippen molar-refractivity contribution in [3.05, 3.63) is 47.4 Å². The Morgan fingerprint density at radius 2 is 2.22 bits per heavy atom. The first-order chi connectivity index (χ1) is 8.70. The largest absolute Gasteiger partial charge is 0.396 e. The second-order valence-corrected chi connectivity index (χ2v) is 4.17. The van der Waals surface area contributed by atoms with Crippen molar-refractivity contribution in [2.45, 2.75) is 19.4 Å². The number of nitrogens with two attached hydrogens (primary N) is 1. The zero-order chi connectivity index (χ0) is 13.0. The lowest BCUT2D eigenvalue weighted by atomic mass is 10.2. The second-order valence-electron chi connectivity index (χ2n) is 4.17. The first kappa shape index (κ1) is 12.6. The number of aryl methyl sites for hydroxylation is 1. The molecule has 0 bridgehead atoms. The van der Waals surface area contributed by atoms with E-state index >= 15 is 0 Å². The van der Waals surface area contributed by atoms with E-state index in [0.717, 1.165) is 11.1 Å². The summed E-state index contributed by atoms with van der Waals surface area (Å²) in [6.45, 7) is 0.581. The number of anilines is 1. The third-order valence-corrected chi connectivity index (χ3v) is 2.79. The summed E-state index contributed by atoms with van der Waals surface area (Å²) < 4.78 is 14.7. The fourth-order valence-electron chi connectivity index (χ4n) is 1.83. The molecule has 0 radical (unpaired) electrons. The molecule has 5 heteroatoms. The van der Waals surface area contributed by atoms with E-state index in [1.807, 2.05) is 6.07 Å². The molecule has 4 nitrogen and oxygen atoms in total. The molecule has 0 amide bonds. The highest BCUT2D eigenvalue weighted by Crippen LogP contribution is 2.15. The molecule has 0 aliphatic rings. The molecule has 18 heavy (non-hydrogen) atoms. The summed E-state index contributed by atoms with van der Waals surface area (Å²) in [5, 5.41) is 13.0. The molecule has 0 spiro atoms. The minimum Gasteiger partial charge on any atom is -0.396 e. The number of aliphatic hydroxyl groups is 1. The van der Waals surface area contributed by atoms with E-state index in [9.17, 15) is 4.39 Å². The van der Waals surface area contributed by atoms with Crippen molar-refractivity contribution in [1.29, 1.82) is 0 Å². The van der Waals surface area contributed by atoms with Crippen LogP contribution in [0.2, 0.25) is 0 Å². The average molecular weight is 249 g/mol. The zero-order valence-corrected chi connectivity index (χ0v) is 10.0. The van der Waals surface area contributed by atoms with Crippen LogP contribution in [0.1, 0.15) is 17.5 Å². The van der Waals surface area contributed by atoms with Crippen LogP contribution in [0.4, 0.5) is 10.2 Å². The van der Waals surface area contributed by atoms with Crippen LogP contribution in [0, 0.1) is 5.82 Å². The molecule has 3 N–H and O–H groups in total. The van der Waals surface area contributed by atoms with Gasteiger partial charge in [0.25, 0.3) is 0 Å². The van der Waals surface area contributed by atoms with Crippen LogP contribution < -0.4 is 5.73 Å². The molecule has 0 saturated heterocycles. The molecule has 1 aromatic heterocycles. The highest BCUT2D eigenvalue weighted by atomic mass is 19.1. The van der Waals surface area contributed by atoms with Gasteiger partial charge in [0.05, 0.1) is 12.7 Å². The highest BCUT2D eigenvalue weighted by molar-refractivity contribution is 5.39. The minimum atomic E-state index is -0.265. The maximum absolute atomic E-state index is 13.1. The number of nitrogens with zero attached hydrogens (tertiary/aromatic N) is 2. The van der Waals surface area contributed by atoms with Crippen LogP contribution in [0.15, 0.2) is 30.5 Å². The Morgan fingerprint density at radius 3 is 2.94 bits per heavy atom. The Labute approximate surface area is 105 Å². The predicted molar refractivity (Wildman–Crippen MR) is 67.5 cm³/mol. The van der Waals surface area contributed by atoms with Gasteiger partial charge in [0, 0.05) is 12.2 Å². The number of halogens is 1. The van der Waals surface area contributed by atoms with Crippen molar-refractivity contribution in [3.63, 3.8) is 0 Å². The number of hydrogen-bond donors (Lipinski definition) is 2. The number of benzene rings is 1. The van der Waals surface area contributed by atoms with Gasteiger partial charge in [-0.05, 0) is 30.5 Å². The van der Waals surface area contributed by atoms with E-state index in [0.29, 0.717) is 25.2 Å². The smallest absolute Gasteiger partial charge is 0.125 e. The summed E-state index contributed by atoms with van der Waals surface area (Å²) in [4.78, 5) is 0. The van der Waals surface area contributed by atoms with Gasteiger partial charge in [0.15, 0.2) is 0 Å².